The van der Waals surface area contributed by atoms with Crippen molar-refractivity contribution >= 4 is 27.0 Å². The molecule has 0 aromatic carbocycles. The van der Waals surface area contributed by atoms with Crippen molar-refractivity contribution in [3.05, 3.63) is 11.9 Å². The zero-order valence-corrected chi connectivity index (χ0v) is 13.1. The predicted molar refractivity (Wildman–Crippen MR) is 77.0 cm³/mol. The Bertz CT molecular complexity index is 611. The summed E-state index contributed by atoms with van der Waals surface area (Å²) in [5.41, 5.74) is 0.224. The van der Waals surface area contributed by atoms with Gasteiger partial charge >= 0.3 is 0 Å². The average Bonchev–Trinajstić information content (AvgIpc) is 2.85. The molecule has 1 aromatic rings. The van der Waals surface area contributed by atoms with Crippen LogP contribution in [0, 0.1) is 0 Å². The van der Waals surface area contributed by atoms with Crippen molar-refractivity contribution in [3.8, 4) is 0 Å². The highest BCUT2D eigenvalue weighted by molar-refractivity contribution is 8.15. The van der Waals surface area contributed by atoms with E-state index in [1.54, 1.807) is 7.05 Å². The smallest absolute Gasteiger partial charge is 0.266 e. The Labute approximate surface area is 117 Å². The van der Waals surface area contributed by atoms with E-state index < -0.39 is 10.0 Å². The van der Waals surface area contributed by atoms with E-state index in [9.17, 15) is 8.42 Å². The van der Waals surface area contributed by atoms with Gasteiger partial charge in [-0.25, -0.2) is 8.42 Å². The summed E-state index contributed by atoms with van der Waals surface area (Å²) < 4.78 is 28.9. The number of nitrogens with one attached hydrogen (secondary N) is 1. The minimum atomic E-state index is -3.62. The zero-order valence-electron chi connectivity index (χ0n) is 11.5. The summed E-state index contributed by atoms with van der Waals surface area (Å²) >= 11 is 1.42. The highest BCUT2D eigenvalue weighted by Gasteiger charge is 2.30. The van der Waals surface area contributed by atoms with Gasteiger partial charge in [0.2, 0.25) is 0 Å². The highest BCUT2D eigenvalue weighted by atomic mass is 32.2. The Hall–Kier alpha value is -1.02. The lowest BCUT2D eigenvalue weighted by Gasteiger charge is -2.17. The van der Waals surface area contributed by atoms with E-state index in [0.717, 1.165) is 5.75 Å². The molecule has 1 aliphatic heterocycles. The van der Waals surface area contributed by atoms with Crippen LogP contribution in [0.25, 0.3) is 0 Å². The van der Waals surface area contributed by atoms with Gasteiger partial charge in [0.1, 0.15) is 4.90 Å². The van der Waals surface area contributed by atoms with E-state index in [1.165, 1.54) is 22.6 Å². The van der Waals surface area contributed by atoms with Gasteiger partial charge in [0, 0.05) is 24.4 Å². The van der Waals surface area contributed by atoms with Crippen LogP contribution in [0.4, 0.5) is 0 Å². The molecule has 0 aliphatic carbocycles. The fraction of sp³-hybridized carbons (Fsp3) is 0.636. The minimum absolute atomic E-state index is 0.220. The predicted octanol–water partition coefficient (Wildman–Crippen LogP) is 1.10. The first-order valence-electron chi connectivity index (χ1n) is 5.94. The van der Waals surface area contributed by atoms with Crippen molar-refractivity contribution in [2.24, 2.45) is 12.0 Å². The van der Waals surface area contributed by atoms with Crippen LogP contribution in [-0.2, 0) is 22.5 Å². The lowest BCUT2D eigenvalue weighted by atomic mass is 9.92. The molecule has 2 rings (SSSR count). The van der Waals surface area contributed by atoms with Gasteiger partial charge in [0.25, 0.3) is 10.0 Å². The Morgan fingerprint density at radius 3 is 2.63 bits per heavy atom. The molecule has 0 spiro atoms. The molecule has 0 radical (unpaired) electrons. The largest absolute Gasteiger partial charge is 0.274 e. The Morgan fingerprint density at radius 2 is 2.11 bits per heavy atom. The summed E-state index contributed by atoms with van der Waals surface area (Å²) in [6.07, 6.45) is 1.53. The second-order valence-corrected chi connectivity index (χ2v) is 8.14. The number of rotatable bonds is 2. The number of thioether (sulfide) groups is 1. The first-order valence-corrected chi connectivity index (χ1v) is 8.41. The number of aliphatic imine (C=N–C) groups is 1. The van der Waals surface area contributed by atoms with E-state index in [-0.39, 0.29) is 10.3 Å². The quantitative estimate of drug-likeness (QED) is 0.887. The van der Waals surface area contributed by atoms with E-state index in [2.05, 4.69) is 14.8 Å². The Kier molecular flexibility index (Phi) is 3.65. The molecule has 1 aromatic heterocycles. The van der Waals surface area contributed by atoms with Crippen LogP contribution in [0.2, 0.25) is 0 Å². The summed E-state index contributed by atoms with van der Waals surface area (Å²) in [6.45, 7) is 6.48. The van der Waals surface area contributed by atoms with Gasteiger partial charge in [-0.15, -0.1) is 0 Å². The Balaban J connectivity index is 2.40. The molecule has 6 nitrogen and oxygen atoms in total. The van der Waals surface area contributed by atoms with E-state index >= 15 is 0 Å². The lowest BCUT2D eigenvalue weighted by molar-refractivity contribution is 0.537. The number of aryl methyl sites for hydroxylation is 1. The molecule has 0 atom stereocenters. The molecule has 0 unspecified atom stereocenters. The molecule has 1 aliphatic rings. The summed E-state index contributed by atoms with van der Waals surface area (Å²) in [5, 5.41) is 4.74. The normalized spacial score (nSPS) is 16.5. The summed E-state index contributed by atoms with van der Waals surface area (Å²) in [5.74, 6) is 0.816. The van der Waals surface area contributed by atoms with Gasteiger partial charge in [-0.1, -0.05) is 32.5 Å². The second-order valence-electron chi connectivity index (χ2n) is 5.41. The van der Waals surface area contributed by atoms with E-state index in [4.69, 9.17) is 0 Å². The van der Waals surface area contributed by atoms with Gasteiger partial charge in [0.15, 0.2) is 5.17 Å². The Morgan fingerprint density at radius 1 is 1.42 bits per heavy atom. The van der Waals surface area contributed by atoms with Gasteiger partial charge in [-0.3, -0.25) is 14.4 Å². The maximum atomic E-state index is 12.4. The first kappa shape index (κ1) is 14.4. The fourth-order valence-electron chi connectivity index (χ4n) is 1.75. The topological polar surface area (TPSA) is 76.3 Å². The van der Waals surface area contributed by atoms with Crippen LogP contribution < -0.4 is 4.72 Å². The van der Waals surface area contributed by atoms with Crippen molar-refractivity contribution in [2.75, 3.05) is 12.3 Å². The molecule has 0 fully saturated rings. The fourth-order valence-corrected chi connectivity index (χ4v) is 4.17. The van der Waals surface area contributed by atoms with Gasteiger partial charge in [-0.05, 0) is 0 Å². The van der Waals surface area contributed by atoms with Crippen molar-refractivity contribution in [2.45, 2.75) is 31.1 Å². The van der Waals surface area contributed by atoms with E-state index in [0.29, 0.717) is 17.4 Å². The maximum Gasteiger partial charge on any atom is 0.266 e. The standard InChI is InChI=1S/C11H18N4O2S2/c1-11(2,3)9-8(7-15(4)13-9)19(16,17)14-10-12-5-6-18-10/h7H,5-6H2,1-4H3,(H,12,14). The van der Waals surface area contributed by atoms with Crippen LogP contribution in [-0.4, -0.2) is 35.7 Å². The van der Waals surface area contributed by atoms with E-state index in [1.807, 2.05) is 20.8 Å². The third-order valence-electron chi connectivity index (χ3n) is 2.60. The maximum absolute atomic E-state index is 12.4. The van der Waals surface area contributed by atoms with Crippen LogP contribution >= 0.6 is 11.8 Å². The molecule has 106 valence electrons. The number of hydrogen-bond acceptors (Lipinski definition) is 5. The van der Waals surface area contributed by atoms with Crippen molar-refractivity contribution in [1.82, 2.24) is 14.5 Å². The van der Waals surface area contributed by atoms with Crippen LogP contribution in [0.1, 0.15) is 26.5 Å². The van der Waals surface area contributed by atoms with Crippen molar-refractivity contribution in [3.63, 3.8) is 0 Å². The second kappa shape index (κ2) is 4.82. The molecule has 0 saturated heterocycles. The van der Waals surface area contributed by atoms with Crippen molar-refractivity contribution in [1.29, 1.82) is 0 Å². The molecule has 1 N–H and O–H groups in total. The summed E-state index contributed by atoms with van der Waals surface area (Å²) in [6, 6.07) is 0. The molecule has 8 heteroatoms. The van der Waals surface area contributed by atoms with Gasteiger partial charge < -0.3 is 0 Å². The number of amidine groups is 1. The average molecular weight is 302 g/mol. The molecule has 0 saturated carbocycles. The molecular formula is C11H18N4O2S2. The molecule has 0 amide bonds. The zero-order chi connectivity index (χ0) is 14.3. The molecule has 19 heavy (non-hydrogen) atoms. The van der Waals surface area contributed by atoms with Gasteiger partial charge in [0.05, 0.1) is 12.2 Å². The third-order valence-corrected chi connectivity index (χ3v) is 4.96. The minimum Gasteiger partial charge on any atom is -0.274 e. The number of hydrogen-bond donors (Lipinski definition) is 1. The molecular weight excluding hydrogens is 284 g/mol. The van der Waals surface area contributed by atoms with Gasteiger partial charge in [-0.2, -0.15) is 5.10 Å². The van der Waals surface area contributed by atoms with Crippen LogP contribution in [0.5, 0.6) is 0 Å². The lowest BCUT2D eigenvalue weighted by Crippen LogP contribution is -2.29. The number of sulfonamides is 1. The highest BCUT2D eigenvalue weighted by Crippen LogP contribution is 2.27. The summed E-state index contributed by atoms with van der Waals surface area (Å²) in [7, 11) is -1.90. The van der Waals surface area contributed by atoms with Crippen molar-refractivity contribution < 1.29 is 8.42 Å². The SMILES string of the molecule is Cn1cc(S(=O)(=O)NC2=NCCS2)c(C(C)(C)C)n1. The molecule has 0 bridgehead atoms. The first-order chi connectivity index (χ1) is 8.70. The molecule has 2 heterocycles. The number of nitrogens with zero attached hydrogens (tertiary/aromatic N) is 3. The summed E-state index contributed by atoms with van der Waals surface area (Å²) in [4.78, 5) is 4.33. The third kappa shape index (κ3) is 3.11. The monoisotopic (exact) mass is 302 g/mol. The van der Waals surface area contributed by atoms with Crippen LogP contribution in [0.15, 0.2) is 16.1 Å². The number of aromatic nitrogens is 2. The van der Waals surface area contributed by atoms with Crippen LogP contribution in [0.3, 0.4) is 0 Å².